The Morgan fingerprint density at radius 3 is 2.75 bits per heavy atom. The van der Waals surface area contributed by atoms with Gasteiger partial charge in [-0.15, -0.1) is 0 Å². The van der Waals surface area contributed by atoms with Crippen molar-refractivity contribution in [3.05, 3.63) is 35.0 Å². The van der Waals surface area contributed by atoms with Crippen LogP contribution < -0.4 is 5.32 Å². The van der Waals surface area contributed by atoms with Gasteiger partial charge in [0.25, 0.3) is 0 Å². The summed E-state index contributed by atoms with van der Waals surface area (Å²) in [4.78, 5) is 6.17. The van der Waals surface area contributed by atoms with Crippen LogP contribution in [-0.2, 0) is 12.8 Å². The monoisotopic (exact) mass is 271 g/mol. The zero-order chi connectivity index (χ0) is 13.9. The van der Waals surface area contributed by atoms with Crippen LogP contribution in [0.15, 0.2) is 18.2 Å². The van der Waals surface area contributed by atoms with E-state index in [1.165, 1.54) is 47.4 Å². The minimum Gasteiger partial charge on any atom is -0.358 e. The van der Waals surface area contributed by atoms with E-state index in [1.807, 2.05) is 0 Å². The standard InChI is InChI=1S/C17H25N3/c1-3-14-5-4-6-16-15(13(2)19-17(14)16)7-10-20-11-8-18-9-12-20/h4-6,18-19H,3,7-12H2,1-2H3. The number of aromatic amines is 1. The quantitative estimate of drug-likeness (QED) is 0.895. The molecule has 2 heterocycles. The molecule has 1 aliphatic rings. The Balaban J connectivity index is 1.82. The number of aromatic nitrogens is 1. The van der Waals surface area contributed by atoms with E-state index in [-0.39, 0.29) is 0 Å². The summed E-state index contributed by atoms with van der Waals surface area (Å²) < 4.78 is 0. The van der Waals surface area contributed by atoms with Crippen LogP contribution in [0.2, 0.25) is 0 Å². The van der Waals surface area contributed by atoms with Crippen molar-refractivity contribution < 1.29 is 0 Å². The predicted octanol–water partition coefficient (Wildman–Crippen LogP) is 2.49. The van der Waals surface area contributed by atoms with Gasteiger partial charge in [0, 0.05) is 49.3 Å². The summed E-state index contributed by atoms with van der Waals surface area (Å²) in [6.07, 6.45) is 2.24. The first-order chi connectivity index (χ1) is 9.79. The number of piperazine rings is 1. The first-order valence-corrected chi connectivity index (χ1v) is 7.81. The second kappa shape index (κ2) is 5.98. The van der Waals surface area contributed by atoms with Crippen molar-refractivity contribution in [3.8, 4) is 0 Å². The Labute approximate surface area is 121 Å². The fourth-order valence-electron chi connectivity index (χ4n) is 3.29. The van der Waals surface area contributed by atoms with E-state index in [1.54, 1.807) is 0 Å². The second-order valence-electron chi connectivity index (χ2n) is 5.76. The smallest absolute Gasteiger partial charge is 0.0491 e. The van der Waals surface area contributed by atoms with E-state index in [0.717, 1.165) is 25.9 Å². The molecule has 1 saturated heterocycles. The van der Waals surface area contributed by atoms with E-state index < -0.39 is 0 Å². The molecule has 0 aliphatic carbocycles. The van der Waals surface area contributed by atoms with Crippen molar-refractivity contribution in [2.24, 2.45) is 0 Å². The molecule has 0 saturated carbocycles. The fraction of sp³-hybridized carbons (Fsp3) is 0.529. The average Bonchev–Trinajstić information content (AvgIpc) is 2.81. The van der Waals surface area contributed by atoms with E-state index in [0.29, 0.717) is 0 Å². The molecule has 0 radical (unpaired) electrons. The highest BCUT2D eigenvalue weighted by molar-refractivity contribution is 5.87. The number of nitrogens with zero attached hydrogens (tertiary/aromatic N) is 1. The van der Waals surface area contributed by atoms with Gasteiger partial charge in [0.1, 0.15) is 0 Å². The fourth-order valence-corrected chi connectivity index (χ4v) is 3.29. The van der Waals surface area contributed by atoms with Crippen LogP contribution in [0, 0.1) is 6.92 Å². The Bertz CT molecular complexity index is 579. The summed E-state index contributed by atoms with van der Waals surface area (Å²) >= 11 is 0. The number of nitrogens with one attached hydrogen (secondary N) is 2. The van der Waals surface area contributed by atoms with Gasteiger partial charge in [-0.05, 0) is 30.9 Å². The third-order valence-electron chi connectivity index (χ3n) is 4.51. The summed E-state index contributed by atoms with van der Waals surface area (Å²) in [5.41, 5.74) is 5.63. The van der Waals surface area contributed by atoms with Crippen LogP contribution >= 0.6 is 0 Å². The summed E-state index contributed by atoms with van der Waals surface area (Å²) in [6.45, 7) is 10.2. The van der Waals surface area contributed by atoms with Gasteiger partial charge in [-0.1, -0.05) is 25.1 Å². The van der Waals surface area contributed by atoms with Gasteiger partial charge >= 0.3 is 0 Å². The molecule has 3 nitrogen and oxygen atoms in total. The molecule has 1 aromatic carbocycles. The van der Waals surface area contributed by atoms with Crippen molar-refractivity contribution in [2.75, 3.05) is 32.7 Å². The van der Waals surface area contributed by atoms with Gasteiger partial charge in [0.2, 0.25) is 0 Å². The number of para-hydroxylation sites is 1. The average molecular weight is 271 g/mol. The Morgan fingerprint density at radius 1 is 1.20 bits per heavy atom. The van der Waals surface area contributed by atoms with Crippen molar-refractivity contribution in [3.63, 3.8) is 0 Å². The van der Waals surface area contributed by atoms with Crippen LogP contribution in [-0.4, -0.2) is 42.6 Å². The third-order valence-corrected chi connectivity index (χ3v) is 4.51. The lowest BCUT2D eigenvalue weighted by atomic mass is 10.0. The van der Waals surface area contributed by atoms with Crippen molar-refractivity contribution in [1.29, 1.82) is 0 Å². The van der Waals surface area contributed by atoms with Crippen molar-refractivity contribution in [2.45, 2.75) is 26.7 Å². The maximum absolute atomic E-state index is 3.60. The first-order valence-electron chi connectivity index (χ1n) is 7.81. The SMILES string of the molecule is CCc1cccc2c(CCN3CCNCC3)c(C)[nH]c12. The maximum atomic E-state index is 3.60. The highest BCUT2D eigenvalue weighted by atomic mass is 15.2. The predicted molar refractivity (Wildman–Crippen MR) is 85.4 cm³/mol. The molecule has 0 spiro atoms. The largest absolute Gasteiger partial charge is 0.358 e. The van der Waals surface area contributed by atoms with E-state index >= 15 is 0 Å². The molecular weight excluding hydrogens is 246 g/mol. The van der Waals surface area contributed by atoms with Gasteiger partial charge in [0.15, 0.2) is 0 Å². The molecule has 2 N–H and O–H groups in total. The van der Waals surface area contributed by atoms with Crippen molar-refractivity contribution >= 4 is 10.9 Å². The molecule has 1 aliphatic heterocycles. The number of benzene rings is 1. The van der Waals surface area contributed by atoms with E-state index in [9.17, 15) is 0 Å². The van der Waals surface area contributed by atoms with Crippen molar-refractivity contribution in [1.82, 2.24) is 15.2 Å². The summed E-state index contributed by atoms with van der Waals surface area (Å²) in [7, 11) is 0. The van der Waals surface area contributed by atoms with Gasteiger partial charge in [-0.25, -0.2) is 0 Å². The van der Waals surface area contributed by atoms with E-state index in [2.05, 4.69) is 47.2 Å². The Hall–Kier alpha value is -1.32. The highest BCUT2D eigenvalue weighted by Gasteiger charge is 2.13. The maximum Gasteiger partial charge on any atom is 0.0491 e. The van der Waals surface area contributed by atoms with Crippen LogP contribution in [0.5, 0.6) is 0 Å². The van der Waals surface area contributed by atoms with Gasteiger partial charge in [0.05, 0.1) is 0 Å². The number of hydrogen-bond acceptors (Lipinski definition) is 2. The number of H-pyrrole nitrogens is 1. The van der Waals surface area contributed by atoms with Crippen LogP contribution in [0.25, 0.3) is 10.9 Å². The summed E-state index contributed by atoms with van der Waals surface area (Å²) in [5, 5.41) is 4.84. The topological polar surface area (TPSA) is 31.1 Å². The molecule has 20 heavy (non-hydrogen) atoms. The number of fused-ring (bicyclic) bond motifs is 1. The number of hydrogen-bond donors (Lipinski definition) is 2. The molecule has 2 aromatic rings. The van der Waals surface area contributed by atoms with E-state index in [4.69, 9.17) is 0 Å². The number of rotatable bonds is 4. The first kappa shape index (κ1) is 13.7. The highest BCUT2D eigenvalue weighted by Crippen LogP contribution is 2.26. The summed E-state index contributed by atoms with van der Waals surface area (Å²) in [5.74, 6) is 0. The van der Waals surface area contributed by atoms with Crippen LogP contribution in [0.3, 0.4) is 0 Å². The lowest BCUT2D eigenvalue weighted by Crippen LogP contribution is -2.44. The molecular formula is C17H25N3. The van der Waals surface area contributed by atoms with Crippen LogP contribution in [0.1, 0.15) is 23.7 Å². The van der Waals surface area contributed by atoms with Crippen LogP contribution in [0.4, 0.5) is 0 Å². The molecule has 0 bridgehead atoms. The molecule has 3 rings (SSSR count). The molecule has 1 fully saturated rings. The Kier molecular flexibility index (Phi) is 4.08. The molecule has 3 heteroatoms. The molecule has 108 valence electrons. The van der Waals surface area contributed by atoms with Gasteiger partial charge in [-0.2, -0.15) is 0 Å². The molecule has 0 atom stereocenters. The van der Waals surface area contributed by atoms with Gasteiger partial charge < -0.3 is 15.2 Å². The minimum absolute atomic E-state index is 1.09. The lowest BCUT2D eigenvalue weighted by Gasteiger charge is -2.27. The second-order valence-corrected chi connectivity index (χ2v) is 5.76. The Morgan fingerprint density at radius 2 is 2.00 bits per heavy atom. The zero-order valence-electron chi connectivity index (χ0n) is 12.6. The minimum atomic E-state index is 1.09. The number of aryl methyl sites for hydroxylation is 2. The lowest BCUT2D eigenvalue weighted by molar-refractivity contribution is 0.244. The van der Waals surface area contributed by atoms with Gasteiger partial charge in [-0.3, -0.25) is 0 Å². The molecule has 0 amide bonds. The molecule has 0 unspecified atom stereocenters. The molecule has 1 aromatic heterocycles. The normalized spacial score (nSPS) is 16.9. The zero-order valence-corrected chi connectivity index (χ0v) is 12.6. The third kappa shape index (κ3) is 2.60. The summed E-state index contributed by atoms with van der Waals surface area (Å²) in [6, 6.07) is 6.70.